The molecular formula is C19H18Cl2N4. The van der Waals surface area contributed by atoms with E-state index in [1.54, 1.807) is 18.3 Å². The largest absolute Gasteiger partial charge is 0.352 e. The molecule has 0 fully saturated rings. The molecule has 1 heterocycles. The molecule has 25 heavy (non-hydrogen) atoms. The van der Waals surface area contributed by atoms with Gasteiger partial charge < -0.3 is 10.2 Å². The zero-order valence-electron chi connectivity index (χ0n) is 13.8. The number of nitrogens with one attached hydrogen (secondary N) is 1. The van der Waals surface area contributed by atoms with E-state index in [2.05, 4.69) is 39.2 Å². The fourth-order valence-electron chi connectivity index (χ4n) is 2.46. The van der Waals surface area contributed by atoms with Crippen molar-refractivity contribution in [2.75, 3.05) is 16.8 Å². The highest BCUT2D eigenvalue weighted by molar-refractivity contribution is 6.36. The van der Waals surface area contributed by atoms with Gasteiger partial charge in [0.1, 0.15) is 5.82 Å². The predicted octanol–water partition coefficient (Wildman–Crippen LogP) is 5.55. The average molecular weight is 373 g/mol. The van der Waals surface area contributed by atoms with E-state index in [4.69, 9.17) is 23.2 Å². The Bertz CT molecular complexity index is 840. The first kappa shape index (κ1) is 17.5. The molecular weight excluding hydrogens is 355 g/mol. The molecule has 128 valence electrons. The third-order valence-corrected chi connectivity index (χ3v) is 4.29. The van der Waals surface area contributed by atoms with Crippen LogP contribution in [0.15, 0.2) is 60.8 Å². The molecule has 0 saturated carbocycles. The van der Waals surface area contributed by atoms with E-state index in [0.29, 0.717) is 21.7 Å². The number of hydrogen-bond donors (Lipinski definition) is 1. The Morgan fingerprint density at radius 2 is 1.84 bits per heavy atom. The third kappa shape index (κ3) is 4.62. The van der Waals surface area contributed by atoms with Gasteiger partial charge in [0, 0.05) is 24.3 Å². The second kappa shape index (κ2) is 8.19. The molecule has 0 radical (unpaired) electrons. The van der Waals surface area contributed by atoms with Crippen LogP contribution in [0.1, 0.15) is 12.5 Å². The third-order valence-electron chi connectivity index (χ3n) is 3.74. The van der Waals surface area contributed by atoms with Crippen molar-refractivity contribution in [2.24, 2.45) is 0 Å². The molecule has 0 atom stereocenters. The lowest BCUT2D eigenvalue weighted by atomic mass is 10.2. The summed E-state index contributed by atoms with van der Waals surface area (Å²) in [7, 11) is 0. The molecule has 0 amide bonds. The Hall–Kier alpha value is -2.30. The molecule has 0 unspecified atom stereocenters. The Labute approximate surface area is 157 Å². The first-order valence-corrected chi connectivity index (χ1v) is 8.75. The predicted molar refractivity (Wildman–Crippen MR) is 105 cm³/mol. The van der Waals surface area contributed by atoms with Crippen LogP contribution in [0.3, 0.4) is 0 Å². The van der Waals surface area contributed by atoms with Crippen molar-refractivity contribution < 1.29 is 0 Å². The van der Waals surface area contributed by atoms with Gasteiger partial charge in [-0.1, -0.05) is 53.5 Å². The molecule has 0 aliphatic carbocycles. The second-order valence-corrected chi connectivity index (χ2v) is 6.33. The Kier molecular flexibility index (Phi) is 5.74. The highest BCUT2D eigenvalue weighted by Gasteiger charge is 2.09. The van der Waals surface area contributed by atoms with E-state index in [0.717, 1.165) is 18.9 Å². The molecule has 0 spiro atoms. The number of hydrogen-bond acceptors (Lipinski definition) is 4. The topological polar surface area (TPSA) is 41.1 Å². The molecule has 6 heteroatoms. The van der Waals surface area contributed by atoms with Gasteiger partial charge in [0.15, 0.2) is 0 Å². The lowest BCUT2D eigenvalue weighted by Crippen LogP contribution is -2.23. The van der Waals surface area contributed by atoms with E-state index >= 15 is 0 Å². The highest BCUT2D eigenvalue weighted by Crippen LogP contribution is 2.27. The van der Waals surface area contributed by atoms with Gasteiger partial charge in [-0.3, -0.25) is 0 Å². The van der Waals surface area contributed by atoms with Gasteiger partial charge in [0.2, 0.25) is 5.95 Å². The average Bonchev–Trinajstić information content (AvgIpc) is 2.63. The van der Waals surface area contributed by atoms with Crippen molar-refractivity contribution in [1.29, 1.82) is 0 Å². The zero-order valence-corrected chi connectivity index (χ0v) is 15.3. The summed E-state index contributed by atoms with van der Waals surface area (Å²) in [5, 5.41) is 4.26. The van der Waals surface area contributed by atoms with Crippen LogP contribution in [0.25, 0.3) is 0 Å². The van der Waals surface area contributed by atoms with E-state index in [-0.39, 0.29) is 0 Å². The molecule has 3 aromatic rings. The molecule has 0 aliphatic rings. The van der Waals surface area contributed by atoms with Gasteiger partial charge in [0.25, 0.3) is 0 Å². The minimum atomic E-state index is 0.494. The van der Waals surface area contributed by atoms with Gasteiger partial charge in [-0.25, -0.2) is 4.98 Å². The summed E-state index contributed by atoms with van der Waals surface area (Å²) in [6.45, 7) is 3.73. The standard InChI is InChI=1S/C19H18Cl2N4/c1-2-25(13-14-6-4-3-5-7-14)18-10-11-22-19(24-18)23-17-9-8-15(20)12-16(17)21/h3-12H,2,13H2,1H3,(H,22,23,24). The van der Waals surface area contributed by atoms with Crippen LogP contribution in [0.2, 0.25) is 10.0 Å². The summed E-state index contributed by atoms with van der Waals surface area (Å²) in [5.74, 6) is 1.35. The minimum absolute atomic E-state index is 0.494. The molecule has 3 rings (SSSR count). The summed E-state index contributed by atoms with van der Waals surface area (Å²) in [6, 6.07) is 17.5. The summed E-state index contributed by atoms with van der Waals surface area (Å²) >= 11 is 12.1. The first-order valence-electron chi connectivity index (χ1n) is 7.99. The highest BCUT2D eigenvalue weighted by atomic mass is 35.5. The number of halogens is 2. The summed E-state index contributed by atoms with van der Waals surface area (Å²) in [4.78, 5) is 11.1. The Morgan fingerprint density at radius 3 is 2.56 bits per heavy atom. The lowest BCUT2D eigenvalue weighted by Gasteiger charge is -2.22. The SMILES string of the molecule is CCN(Cc1ccccc1)c1ccnc(Nc2ccc(Cl)cc2Cl)n1. The van der Waals surface area contributed by atoms with Gasteiger partial charge in [-0.05, 0) is 36.8 Å². The van der Waals surface area contributed by atoms with E-state index in [1.165, 1.54) is 5.56 Å². The number of aromatic nitrogens is 2. The second-order valence-electron chi connectivity index (χ2n) is 5.49. The number of anilines is 3. The van der Waals surface area contributed by atoms with Crippen LogP contribution in [0, 0.1) is 0 Å². The van der Waals surface area contributed by atoms with Crippen LogP contribution in [0.5, 0.6) is 0 Å². The fourth-order valence-corrected chi connectivity index (χ4v) is 2.91. The van der Waals surface area contributed by atoms with E-state index in [1.807, 2.05) is 30.3 Å². The molecule has 1 N–H and O–H groups in total. The summed E-state index contributed by atoms with van der Waals surface area (Å²) in [5.41, 5.74) is 1.95. The van der Waals surface area contributed by atoms with Crippen molar-refractivity contribution in [3.63, 3.8) is 0 Å². The van der Waals surface area contributed by atoms with Gasteiger partial charge in [-0.15, -0.1) is 0 Å². The van der Waals surface area contributed by atoms with Crippen LogP contribution >= 0.6 is 23.2 Å². The molecule has 0 aliphatic heterocycles. The molecule has 4 nitrogen and oxygen atoms in total. The van der Waals surface area contributed by atoms with E-state index < -0.39 is 0 Å². The van der Waals surface area contributed by atoms with E-state index in [9.17, 15) is 0 Å². The Balaban J connectivity index is 1.80. The molecule has 0 bridgehead atoms. The number of nitrogens with zero attached hydrogens (tertiary/aromatic N) is 3. The van der Waals surface area contributed by atoms with Crippen LogP contribution in [-0.2, 0) is 6.54 Å². The van der Waals surface area contributed by atoms with Gasteiger partial charge in [0.05, 0.1) is 10.7 Å². The molecule has 2 aromatic carbocycles. The summed E-state index contributed by atoms with van der Waals surface area (Å²) < 4.78 is 0. The van der Waals surface area contributed by atoms with Crippen molar-refractivity contribution in [3.05, 3.63) is 76.4 Å². The van der Waals surface area contributed by atoms with Crippen molar-refractivity contribution in [1.82, 2.24) is 9.97 Å². The fraction of sp³-hybridized carbons (Fsp3) is 0.158. The van der Waals surface area contributed by atoms with Gasteiger partial charge in [-0.2, -0.15) is 4.98 Å². The quantitative estimate of drug-likeness (QED) is 0.615. The van der Waals surface area contributed by atoms with Crippen LogP contribution < -0.4 is 10.2 Å². The smallest absolute Gasteiger partial charge is 0.229 e. The zero-order chi connectivity index (χ0) is 17.6. The molecule has 0 saturated heterocycles. The Morgan fingerprint density at radius 1 is 1.04 bits per heavy atom. The maximum Gasteiger partial charge on any atom is 0.229 e. The first-order chi connectivity index (χ1) is 12.2. The van der Waals surface area contributed by atoms with Crippen LogP contribution in [0.4, 0.5) is 17.5 Å². The maximum atomic E-state index is 6.20. The minimum Gasteiger partial charge on any atom is -0.352 e. The number of rotatable bonds is 6. The van der Waals surface area contributed by atoms with Crippen molar-refractivity contribution in [2.45, 2.75) is 13.5 Å². The van der Waals surface area contributed by atoms with Crippen molar-refractivity contribution >= 4 is 40.7 Å². The lowest BCUT2D eigenvalue weighted by molar-refractivity contribution is 0.811. The van der Waals surface area contributed by atoms with Crippen molar-refractivity contribution in [3.8, 4) is 0 Å². The number of benzene rings is 2. The normalized spacial score (nSPS) is 10.5. The monoisotopic (exact) mass is 372 g/mol. The van der Waals surface area contributed by atoms with Crippen LogP contribution in [-0.4, -0.2) is 16.5 Å². The maximum absolute atomic E-state index is 6.20. The summed E-state index contributed by atoms with van der Waals surface area (Å²) in [6.07, 6.45) is 1.74. The van der Waals surface area contributed by atoms with Gasteiger partial charge >= 0.3 is 0 Å². The molecule has 1 aromatic heterocycles.